The van der Waals surface area contributed by atoms with E-state index >= 15 is 0 Å². The fraction of sp³-hybridized carbons (Fsp3) is 0.118. The number of ketones is 1. The predicted octanol–water partition coefficient (Wildman–Crippen LogP) is 2.27. The van der Waals surface area contributed by atoms with Crippen molar-refractivity contribution >= 4 is 27.6 Å². The molecular weight excluding hydrogens is 312 g/mol. The third-order valence-corrected chi connectivity index (χ3v) is 5.05. The van der Waals surface area contributed by atoms with Gasteiger partial charge in [0.15, 0.2) is 0 Å². The molecule has 23 heavy (non-hydrogen) atoms. The Morgan fingerprint density at radius 1 is 1.00 bits per heavy atom. The summed E-state index contributed by atoms with van der Waals surface area (Å²) in [6.07, 6.45) is 1.55. The minimum absolute atomic E-state index is 0.0186. The smallest absolute Gasteiger partial charge is 0.262 e. The highest BCUT2D eigenvalue weighted by Gasteiger charge is 2.31. The van der Waals surface area contributed by atoms with E-state index in [9.17, 15) is 13.2 Å². The van der Waals surface area contributed by atoms with Crippen LogP contribution in [0.1, 0.15) is 15.9 Å². The number of fused-ring (bicyclic) bond motifs is 1. The monoisotopic (exact) mass is 328 g/mol. The number of benzene rings is 2. The van der Waals surface area contributed by atoms with Gasteiger partial charge in [0.1, 0.15) is 0 Å². The molecular formula is C17H16N2O3S. The minimum Gasteiger partial charge on any atom is -0.378 e. The van der Waals surface area contributed by atoms with Crippen molar-refractivity contribution < 1.29 is 13.2 Å². The number of hydrogen-bond acceptors (Lipinski definition) is 4. The maximum Gasteiger partial charge on any atom is 0.262 e. The van der Waals surface area contributed by atoms with Crippen LogP contribution in [0, 0.1) is 0 Å². The van der Waals surface area contributed by atoms with E-state index in [2.05, 4.69) is 4.72 Å². The van der Waals surface area contributed by atoms with Gasteiger partial charge in [-0.05, 0) is 35.9 Å². The van der Waals surface area contributed by atoms with Crippen LogP contribution in [0.3, 0.4) is 0 Å². The first-order valence-electron chi connectivity index (χ1n) is 7.04. The van der Waals surface area contributed by atoms with Crippen molar-refractivity contribution in [2.75, 3.05) is 19.0 Å². The maximum absolute atomic E-state index is 12.5. The summed E-state index contributed by atoms with van der Waals surface area (Å²) in [4.78, 5) is 14.5. The number of rotatable bonds is 2. The first kappa shape index (κ1) is 15.3. The Labute approximate surface area is 135 Å². The molecule has 0 unspecified atom stereocenters. The molecule has 1 aliphatic rings. The zero-order chi connectivity index (χ0) is 16.6. The summed E-state index contributed by atoms with van der Waals surface area (Å²) in [6.45, 7) is 0. The van der Waals surface area contributed by atoms with E-state index in [1.165, 1.54) is 12.1 Å². The SMILES string of the molecule is CN(C)c1ccc(/C=C2/NS(=O)(=O)c3ccccc3C2=O)cc1. The Balaban J connectivity index is 2.03. The summed E-state index contributed by atoms with van der Waals surface area (Å²) < 4.78 is 26.9. The van der Waals surface area contributed by atoms with Gasteiger partial charge in [-0.3, -0.25) is 9.52 Å². The lowest BCUT2D eigenvalue weighted by Crippen LogP contribution is -2.34. The van der Waals surface area contributed by atoms with Crippen molar-refractivity contribution in [1.29, 1.82) is 0 Å². The number of hydrogen-bond donors (Lipinski definition) is 1. The van der Waals surface area contributed by atoms with Crippen molar-refractivity contribution in [2.24, 2.45) is 0 Å². The van der Waals surface area contributed by atoms with Crippen LogP contribution in [0.4, 0.5) is 5.69 Å². The zero-order valence-corrected chi connectivity index (χ0v) is 13.6. The van der Waals surface area contributed by atoms with E-state index in [1.807, 2.05) is 43.3 Å². The van der Waals surface area contributed by atoms with Gasteiger partial charge in [0, 0.05) is 25.3 Å². The highest BCUT2D eigenvalue weighted by Crippen LogP contribution is 2.25. The zero-order valence-electron chi connectivity index (χ0n) is 12.8. The molecule has 3 rings (SSSR count). The Kier molecular flexibility index (Phi) is 3.69. The molecule has 0 atom stereocenters. The quantitative estimate of drug-likeness (QED) is 0.859. The molecule has 1 heterocycles. The van der Waals surface area contributed by atoms with Crippen molar-refractivity contribution in [3.63, 3.8) is 0 Å². The Hall–Kier alpha value is -2.60. The van der Waals surface area contributed by atoms with Crippen molar-refractivity contribution in [3.8, 4) is 0 Å². The second kappa shape index (κ2) is 5.55. The maximum atomic E-state index is 12.5. The van der Waals surface area contributed by atoms with Crippen LogP contribution >= 0.6 is 0 Å². The highest BCUT2D eigenvalue weighted by atomic mass is 32.2. The summed E-state index contributed by atoms with van der Waals surface area (Å²) in [6, 6.07) is 13.7. The van der Waals surface area contributed by atoms with Gasteiger partial charge in [-0.15, -0.1) is 0 Å². The molecule has 0 saturated carbocycles. The van der Waals surface area contributed by atoms with Crippen LogP contribution in [0.2, 0.25) is 0 Å². The molecule has 0 bridgehead atoms. The topological polar surface area (TPSA) is 66.5 Å². The molecule has 0 aliphatic carbocycles. The number of nitrogens with zero attached hydrogens (tertiary/aromatic N) is 1. The van der Waals surface area contributed by atoms with E-state index in [1.54, 1.807) is 18.2 Å². The summed E-state index contributed by atoms with van der Waals surface area (Å²) >= 11 is 0. The molecule has 0 amide bonds. The standard InChI is InChI=1S/C17H16N2O3S/c1-19(2)13-9-7-12(8-10-13)11-15-17(20)14-5-3-4-6-16(14)23(21,22)18-15/h3-11,18H,1-2H3/b15-11+. The second-order valence-electron chi connectivity index (χ2n) is 5.47. The van der Waals surface area contributed by atoms with E-state index in [0.29, 0.717) is 0 Å². The number of nitrogens with one attached hydrogen (secondary N) is 1. The lowest BCUT2D eigenvalue weighted by atomic mass is 10.1. The van der Waals surface area contributed by atoms with Gasteiger partial charge >= 0.3 is 0 Å². The third-order valence-electron chi connectivity index (χ3n) is 3.63. The first-order valence-corrected chi connectivity index (χ1v) is 8.52. The molecule has 1 N–H and O–H groups in total. The van der Waals surface area contributed by atoms with E-state index in [0.717, 1.165) is 11.3 Å². The fourth-order valence-electron chi connectivity index (χ4n) is 2.41. The number of carbonyl (C=O) groups is 1. The fourth-order valence-corrected chi connectivity index (χ4v) is 3.67. The van der Waals surface area contributed by atoms with Gasteiger partial charge in [-0.1, -0.05) is 24.3 Å². The van der Waals surface area contributed by atoms with Crippen molar-refractivity contribution in [2.45, 2.75) is 4.90 Å². The van der Waals surface area contributed by atoms with Crippen LogP contribution in [-0.2, 0) is 10.0 Å². The van der Waals surface area contributed by atoms with E-state index < -0.39 is 10.0 Å². The lowest BCUT2D eigenvalue weighted by Gasteiger charge is -2.19. The number of Topliss-reactive ketones (excluding diaryl/α,β-unsaturated/α-hetero) is 1. The molecule has 0 radical (unpaired) electrons. The van der Waals surface area contributed by atoms with Crippen LogP contribution in [0.15, 0.2) is 59.1 Å². The Bertz CT molecular complexity index is 898. The normalized spacial score (nSPS) is 17.5. The molecule has 0 fully saturated rings. The molecule has 0 saturated heterocycles. The first-order chi connectivity index (χ1) is 10.9. The number of anilines is 1. The van der Waals surface area contributed by atoms with Crippen LogP contribution in [0.25, 0.3) is 6.08 Å². The molecule has 5 nitrogen and oxygen atoms in total. The Morgan fingerprint density at radius 3 is 2.30 bits per heavy atom. The number of allylic oxidation sites excluding steroid dienone is 1. The molecule has 2 aromatic carbocycles. The summed E-state index contributed by atoms with van der Waals surface area (Å²) in [5.41, 5.74) is 2.03. The summed E-state index contributed by atoms with van der Waals surface area (Å²) in [7, 11) is 0.154. The lowest BCUT2D eigenvalue weighted by molar-refractivity contribution is 0.102. The largest absolute Gasteiger partial charge is 0.378 e. The predicted molar refractivity (Wildman–Crippen MR) is 89.8 cm³/mol. The van der Waals surface area contributed by atoms with Crippen LogP contribution in [0.5, 0.6) is 0 Å². The van der Waals surface area contributed by atoms with Crippen molar-refractivity contribution in [3.05, 3.63) is 65.4 Å². The average Bonchev–Trinajstić information content (AvgIpc) is 2.53. The van der Waals surface area contributed by atoms with Crippen LogP contribution < -0.4 is 9.62 Å². The minimum atomic E-state index is -3.71. The van der Waals surface area contributed by atoms with Gasteiger partial charge in [0.25, 0.3) is 10.0 Å². The van der Waals surface area contributed by atoms with Gasteiger partial charge in [0.2, 0.25) is 5.78 Å². The molecule has 1 aliphatic heterocycles. The van der Waals surface area contributed by atoms with Gasteiger partial charge in [-0.2, -0.15) is 0 Å². The molecule has 0 spiro atoms. The summed E-state index contributed by atoms with van der Waals surface area (Å²) in [5.74, 6) is -0.327. The van der Waals surface area contributed by atoms with Gasteiger partial charge in [-0.25, -0.2) is 8.42 Å². The number of sulfonamides is 1. The average molecular weight is 328 g/mol. The molecule has 2 aromatic rings. The molecule has 0 aromatic heterocycles. The van der Waals surface area contributed by atoms with Gasteiger partial charge in [0.05, 0.1) is 10.6 Å². The van der Waals surface area contributed by atoms with E-state index in [-0.39, 0.29) is 21.9 Å². The highest BCUT2D eigenvalue weighted by molar-refractivity contribution is 7.90. The summed E-state index contributed by atoms with van der Waals surface area (Å²) in [5, 5.41) is 0. The third kappa shape index (κ3) is 2.85. The second-order valence-corrected chi connectivity index (χ2v) is 7.13. The van der Waals surface area contributed by atoms with Gasteiger partial charge < -0.3 is 4.90 Å². The Morgan fingerprint density at radius 2 is 1.65 bits per heavy atom. The van der Waals surface area contributed by atoms with Crippen LogP contribution in [-0.4, -0.2) is 28.3 Å². The molecule has 6 heteroatoms. The molecule has 118 valence electrons. The number of carbonyl (C=O) groups excluding carboxylic acids is 1. The van der Waals surface area contributed by atoms with E-state index in [4.69, 9.17) is 0 Å². The van der Waals surface area contributed by atoms with Crippen molar-refractivity contribution in [1.82, 2.24) is 4.72 Å².